The summed E-state index contributed by atoms with van der Waals surface area (Å²) in [4.78, 5) is 27.1. The molecule has 3 aromatic carbocycles. The molecule has 1 unspecified atom stereocenters. The molecule has 0 radical (unpaired) electrons. The number of nitrogens with zero attached hydrogens (tertiary/aromatic N) is 1. The van der Waals surface area contributed by atoms with Crippen LogP contribution in [0.1, 0.15) is 54.2 Å². The molecule has 2 heterocycles. The first kappa shape index (κ1) is 25.9. The van der Waals surface area contributed by atoms with Crippen molar-refractivity contribution in [2.24, 2.45) is 0 Å². The van der Waals surface area contributed by atoms with Crippen LogP contribution >= 0.6 is 11.6 Å². The van der Waals surface area contributed by atoms with E-state index in [1.807, 2.05) is 19.9 Å². The van der Waals surface area contributed by atoms with Crippen LogP contribution in [0.2, 0.25) is 5.02 Å². The van der Waals surface area contributed by atoms with Gasteiger partial charge in [-0.1, -0.05) is 29.8 Å². The number of carbonyl (C=O) groups excluding carboxylic acids is 1. The first-order valence-corrected chi connectivity index (χ1v) is 12.2. The lowest BCUT2D eigenvalue weighted by molar-refractivity contribution is -0.274. The maximum atomic E-state index is 14.2. The Hall–Kier alpha value is -3.72. The molecular formula is C28H23ClF3NO5. The Morgan fingerprint density at radius 3 is 2.53 bits per heavy atom. The van der Waals surface area contributed by atoms with Gasteiger partial charge in [-0.05, 0) is 86.7 Å². The second kappa shape index (κ2) is 8.66. The lowest BCUT2D eigenvalue weighted by Crippen LogP contribution is -2.37. The second-order valence-corrected chi connectivity index (χ2v) is 10.6. The third-order valence-electron chi connectivity index (χ3n) is 7.06. The van der Waals surface area contributed by atoms with Crippen molar-refractivity contribution in [3.63, 3.8) is 0 Å². The molecule has 1 atom stereocenters. The summed E-state index contributed by atoms with van der Waals surface area (Å²) in [7, 11) is 0. The number of alkyl halides is 3. The Balaban J connectivity index is 1.71. The van der Waals surface area contributed by atoms with E-state index in [1.54, 1.807) is 25.1 Å². The standard InChI is InChI=1S/C28H23ClF3NO5/c1-26(2)10-9-15-11-17(7-8-22(15)37-26)27(3)19-13-23(38-28(30,31)32)20(29)14-21(19)33(25(27)36)18-6-4-5-16(12-18)24(34)35/h4-8,11-14H,9-10H2,1-3H3,(H,34,35). The predicted octanol–water partition coefficient (Wildman–Crippen LogP) is 7.02. The molecule has 1 N–H and O–H groups in total. The number of carboxylic acids is 1. The molecule has 0 spiro atoms. The smallest absolute Gasteiger partial charge is 0.488 e. The molecule has 38 heavy (non-hydrogen) atoms. The van der Waals surface area contributed by atoms with Crippen LogP contribution in [-0.2, 0) is 16.6 Å². The van der Waals surface area contributed by atoms with Gasteiger partial charge in [0.25, 0.3) is 0 Å². The van der Waals surface area contributed by atoms with Crippen LogP contribution in [-0.4, -0.2) is 28.9 Å². The van der Waals surface area contributed by atoms with Crippen molar-refractivity contribution in [3.05, 3.63) is 81.9 Å². The number of anilines is 2. The minimum Gasteiger partial charge on any atom is -0.488 e. The highest BCUT2D eigenvalue weighted by Crippen LogP contribution is 2.53. The van der Waals surface area contributed by atoms with Gasteiger partial charge in [0.05, 0.1) is 21.7 Å². The first-order valence-electron chi connectivity index (χ1n) is 11.8. The number of ether oxygens (including phenoxy) is 2. The highest BCUT2D eigenvalue weighted by molar-refractivity contribution is 6.33. The van der Waals surface area contributed by atoms with Crippen LogP contribution in [0, 0.1) is 0 Å². The third kappa shape index (κ3) is 4.34. The summed E-state index contributed by atoms with van der Waals surface area (Å²) in [6, 6.07) is 13.4. The number of hydrogen-bond acceptors (Lipinski definition) is 4. The van der Waals surface area contributed by atoms with Crippen LogP contribution < -0.4 is 14.4 Å². The molecular weight excluding hydrogens is 523 g/mol. The predicted molar refractivity (Wildman–Crippen MR) is 135 cm³/mol. The molecule has 3 aromatic rings. The zero-order valence-corrected chi connectivity index (χ0v) is 21.4. The molecule has 0 saturated heterocycles. The minimum atomic E-state index is -5.00. The van der Waals surface area contributed by atoms with Crippen LogP contribution in [0.5, 0.6) is 11.5 Å². The van der Waals surface area contributed by atoms with Gasteiger partial charge in [0.1, 0.15) is 17.1 Å². The summed E-state index contributed by atoms with van der Waals surface area (Å²) >= 11 is 6.18. The van der Waals surface area contributed by atoms with Gasteiger partial charge in [-0.3, -0.25) is 9.69 Å². The Morgan fingerprint density at radius 2 is 1.84 bits per heavy atom. The number of benzene rings is 3. The normalized spacial score (nSPS) is 20.0. The average molecular weight is 546 g/mol. The Bertz CT molecular complexity index is 1490. The van der Waals surface area contributed by atoms with Crippen molar-refractivity contribution < 1.29 is 37.3 Å². The summed E-state index contributed by atoms with van der Waals surface area (Å²) < 4.78 is 49.7. The van der Waals surface area contributed by atoms with Gasteiger partial charge < -0.3 is 14.6 Å². The van der Waals surface area contributed by atoms with Crippen LogP contribution in [0.3, 0.4) is 0 Å². The van der Waals surface area contributed by atoms with Gasteiger partial charge in [-0.2, -0.15) is 0 Å². The molecule has 5 rings (SSSR count). The van der Waals surface area contributed by atoms with Gasteiger partial charge >= 0.3 is 12.3 Å². The summed E-state index contributed by atoms with van der Waals surface area (Å²) in [6.07, 6.45) is -3.55. The number of hydrogen-bond donors (Lipinski definition) is 1. The number of aromatic carboxylic acids is 1. The number of carbonyl (C=O) groups is 2. The molecule has 0 fully saturated rings. The van der Waals surface area contributed by atoms with Crippen molar-refractivity contribution >= 4 is 34.9 Å². The molecule has 2 aliphatic heterocycles. The van der Waals surface area contributed by atoms with Gasteiger partial charge in [0.2, 0.25) is 5.91 Å². The van der Waals surface area contributed by atoms with Crippen LogP contribution in [0.25, 0.3) is 0 Å². The van der Waals surface area contributed by atoms with E-state index < -0.39 is 29.4 Å². The maximum Gasteiger partial charge on any atom is 0.573 e. The largest absolute Gasteiger partial charge is 0.573 e. The van der Waals surface area contributed by atoms with Crippen molar-refractivity contribution in [2.45, 2.75) is 51.0 Å². The summed E-state index contributed by atoms with van der Waals surface area (Å²) in [5.41, 5.74) is 0.294. The van der Waals surface area contributed by atoms with Crippen molar-refractivity contribution in [2.75, 3.05) is 4.90 Å². The number of fused-ring (bicyclic) bond motifs is 2. The quantitative estimate of drug-likeness (QED) is 0.381. The summed E-state index contributed by atoms with van der Waals surface area (Å²) in [6.45, 7) is 5.59. The minimum absolute atomic E-state index is 0.0536. The Labute approximate surface area is 221 Å². The number of amides is 1. The van der Waals surface area contributed by atoms with Crippen molar-refractivity contribution in [1.29, 1.82) is 0 Å². The highest BCUT2D eigenvalue weighted by Gasteiger charge is 2.50. The molecule has 1 amide bonds. The lowest BCUT2D eigenvalue weighted by atomic mass is 9.76. The fourth-order valence-corrected chi connectivity index (χ4v) is 5.26. The fourth-order valence-electron chi connectivity index (χ4n) is 5.06. The van der Waals surface area contributed by atoms with Gasteiger partial charge in [-0.25, -0.2) is 4.79 Å². The molecule has 198 valence electrons. The number of carboxylic acid groups (broad SMARTS) is 1. The number of halogens is 4. The zero-order valence-electron chi connectivity index (χ0n) is 20.6. The van der Waals surface area contributed by atoms with E-state index >= 15 is 0 Å². The summed E-state index contributed by atoms with van der Waals surface area (Å²) in [5.74, 6) is -1.62. The van der Waals surface area contributed by atoms with Gasteiger partial charge in [0, 0.05) is 5.69 Å². The molecule has 10 heteroatoms. The van der Waals surface area contributed by atoms with E-state index in [4.69, 9.17) is 16.3 Å². The summed E-state index contributed by atoms with van der Waals surface area (Å²) in [5, 5.41) is 9.12. The topological polar surface area (TPSA) is 76.1 Å². The fraction of sp³-hybridized carbons (Fsp3) is 0.286. The van der Waals surface area contributed by atoms with E-state index in [9.17, 15) is 27.9 Å². The number of rotatable bonds is 4. The van der Waals surface area contributed by atoms with Gasteiger partial charge in [-0.15, -0.1) is 13.2 Å². The average Bonchev–Trinajstić information content (AvgIpc) is 3.04. The van der Waals surface area contributed by atoms with Gasteiger partial charge in [0.15, 0.2) is 0 Å². The Kier molecular flexibility index (Phi) is 5.90. The van der Waals surface area contributed by atoms with Crippen LogP contribution in [0.15, 0.2) is 54.6 Å². The molecule has 0 aromatic heterocycles. The van der Waals surface area contributed by atoms with E-state index in [2.05, 4.69) is 4.74 Å². The monoisotopic (exact) mass is 545 g/mol. The van der Waals surface area contributed by atoms with Crippen molar-refractivity contribution in [1.82, 2.24) is 0 Å². The zero-order chi connectivity index (χ0) is 27.6. The number of aryl methyl sites for hydroxylation is 1. The van der Waals surface area contributed by atoms with Crippen LogP contribution in [0.4, 0.5) is 24.5 Å². The van der Waals surface area contributed by atoms with E-state index in [1.165, 1.54) is 29.2 Å². The molecule has 0 bridgehead atoms. The molecule has 0 aliphatic carbocycles. The highest BCUT2D eigenvalue weighted by atomic mass is 35.5. The Morgan fingerprint density at radius 1 is 1.11 bits per heavy atom. The second-order valence-electron chi connectivity index (χ2n) is 10.2. The molecule has 0 saturated carbocycles. The van der Waals surface area contributed by atoms with E-state index in [-0.39, 0.29) is 33.1 Å². The third-order valence-corrected chi connectivity index (χ3v) is 7.35. The lowest BCUT2D eigenvalue weighted by Gasteiger charge is -2.34. The first-order chi connectivity index (χ1) is 17.7. The van der Waals surface area contributed by atoms with E-state index in [0.29, 0.717) is 17.7 Å². The van der Waals surface area contributed by atoms with E-state index in [0.717, 1.165) is 18.1 Å². The molecule has 6 nitrogen and oxygen atoms in total. The van der Waals surface area contributed by atoms with Crippen molar-refractivity contribution in [3.8, 4) is 11.5 Å². The maximum absolute atomic E-state index is 14.2. The molecule has 2 aliphatic rings. The SMILES string of the molecule is CC1(C)CCc2cc(C3(C)C(=O)N(c4cccc(C(=O)O)c4)c4cc(Cl)c(OC(F)(F)F)cc43)ccc2O1.